The Morgan fingerprint density at radius 1 is 0.971 bits per heavy atom. The van der Waals surface area contributed by atoms with E-state index in [1.807, 2.05) is 12.1 Å². The Bertz CT molecular complexity index is 1190. The van der Waals surface area contributed by atoms with Crippen molar-refractivity contribution in [2.24, 2.45) is 0 Å². The van der Waals surface area contributed by atoms with E-state index in [0.717, 1.165) is 22.6 Å². The van der Waals surface area contributed by atoms with Gasteiger partial charge in [-0.1, -0.05) is 18.2 Å². The summed E-state index contributed by atoms with van der Waals surface area (Å²) in [7, 11) is 0. The molecule has 0 bridgehead atoms. The number of alkyl halides is 3. The van der Waals surface area contributed by atoms with Gasteiger partial charge in [-0.25, -0.2) is 4.79 Å². The lowest BCUT2D eigenvalue weighted by molar-refractivity contribution is -0.157. The first kappa shape index (κ1) is 26.9. The first-order valence-electron chi connectivity index (χ1n) is 10.8. The quantitative estimate of drug-likeness (QED) is 0.206. The first-order valence-corrected chi connectivity index (χ1v) is 12.4. The number of carbonyl (C=O) groups excluding carboxylic acids is 2. The molecule has 0 N–H and O–H groups in total. The van der Waals surface area contributed by atoms with E-state index in [2.05, 4.69) is 15.9 Å². The number of esters is 1. The van der Waals surface area contributed by atoms with E-state index >= 15 is 0 Å². The molecule has 2 aromatic carbocycles. The molecular weight excluding hydrogens is 545 g/mol. The third-order valence-electron chi connectivity index (χ3n) is 4.78. The monoisotopic (exact) mass is 568 g/mol. The number of thiophene rings is 1. The number of ether oxygens (including phenoxy) is 2. The summed E-state index contributed by atoms with van der Waals surface area (Å²) < 4.78 is 49.7. The Balaban J connectivity index is 1.56. The van der Waals surface area contributed by atoms with Crippen molar-refractivity contribution in [2.75, 3.05) is 6.61 Å². The minimum absolute atomic E-state index is 0.0467. The van der Waals surface area contributed by atoms with Crippen LogP contribution in [0.4, 0.5) is 13.2 Å². The van der Waals surface area contributed by atoms with Gasteiger partial charge in [0.05, 0.1) is 14.9 Å². The zero-order chi connectivity index (χ0) is 25.8. The topological polar surface area (TPSA) is 52.6 Å². The van der Waals surface area contributed by atoms with Crippen molar-refractivity contribution in [1.82, 2.24) is 0 Å². The molecular formula is C26H24BrF3O4S. The van der Waals surface area contributed by atoms with Crippen molar-refractivity contribution in [3.8, 4) is 16.2 Å². The lowest BCUT2D eigenvalue weighted by Gasteiger charge is -2.19. The summed E-state index contributed by atoms with van der Waals surface area (Å²) >= 11 is 4.68. The second kappa shape index (κ2) is 11.0. The number of aryl methyl sites for hydroxylation is 1. The lowest BCUT2D eigenvalue weighted by Crippen LogP contribution is -2.27. The van der Waals surface area contributed by atoms with Gasteiger partial charge in [0.1, 0.15) is 11.4 Å². The van der Waals surface area contributed by atoms with Crippen molar-refractivity contribution < 1.29 is 32.2 Å². The molecule has 3 aromatic rings. The van der Waals surface area contributed by atoms with E-state index in [1.54, 1.807) is 39.0 Å². The van der Waals surface area contributed by atoms with E-state index < -0.39 is 23.3 Å². The third kappa shape index (κ3) is 7.93. The predicted molar refractivity (Wildman–Crippen MR) is 133 cm³/mol. The molecule has 0 spiro atoms. The Morgan fingerprint density at radius 2 is 1.66 bits per heavy atom. The van der Waals surface area contributed by atoms with Crippen LogP contribution in [0.5, 0.6) is 5.75 Å². The molecule has 0 saturated heterocycles. The van der Waals surface area contributed by atoms with Crippen LogP contribution >= 0.6 is 27.3 Å². The largest absolute Gasteiger partial charge is 0.481 e. The van der Waals surface area contributed by atoms with Gasteiger partial charge in [0.2, 0.25) is 0 Å². The molecule has 0 saturated carbocycles. The van der Waals surface area contributed by atoms with Crippen molar-refractivity contribution in [3.05, 3.63) is 75.1 Å². The fourth-order valence-corrected chi connectivity index (χ4v) is 4.69. The average Bonchev–Trinajstić information content (AvgIpc) is 3.25. The third-order valence-corrected chi connectivity index (χ3v) is 6.58. The highest BCUT2D eigenvalue weighted by Crippen LogP contribution is 2.34. The molecule has 4 nitrogen and oxygen atoms in total. The predicted octanol–water partition coefficient (Wildman–Crippen LogP) is 7.73. The number of hydrogen-bond acceptors (Lipinski definition) is 5. The van der Waals surface area contributed by atoms with E-state index in [1.165, 1.54) is 23.5 Å². The second-order valence-corrected chi connectivity index (χ2v) is 10.7. The number of hydrogen-bond donors (Lipinski definition) is 0. The van der Waals surface area contributed by atoms with Crippen LogP contribution in [0.1, 0.15) is 48.0 Å². The van der Waals surface area contributed by atoms with Crippen LogP contribution in [0.2, 0.25) is 0 Å². The number of Topliss-reactive ketones (excluding diaryl/α,β-unsaturated/α-hetero) is 1. The van der Waals surface area contributed by atoms with Crippen LogP contribution in [0.15, 0.2) is 59.1 Å². The maximum Gasteiger partial charge on any atom is 0.416 e. The first-order chi connectivity index (χ1) is 16.3. The minimum Gasteiger partial charge on any atom is -0.481 e. The Kier molecular flexibility index (Phi) is 8.43. The van der Waals surface area contributed by atoms with Crippen molar-refractivity contribution in [3.63, 3.8) is 0 Å². The Morgan fingerprint density at radius 3 is 2.26 bits per heavy atom. The van der Waals surface area contributed by atoms with Gasteiger partial charge in [-0.3, -0.25) is 4.79 Å². The molecule has 0 unspecified atom stereocenters. The number of carbonyl (C=O) groups is 2. The van der Waals surface area contributed by atoms with Gasteiger partial charge >= 0.3 is 12.1 Å². The van der Waals surface area contributed by atoms with Gasteiger partial charge in [0, 0.05) is 11.3 Å². The summed E-state index contributed by atoms with van der Waals surface area (Å²) in [6, 6.07) is 13.7. The SMILES string of the molecule is CC(C)(C)OC(=O)COc1ccc(CCC(=O)c2ccc(-c3ccc(C(F)(F)F)cc3)s2)cc1Br. The highest BCUT2D eigenvalue weighted by Gasteiger charge is 2.30. The van der Waals surface area contributed by atoms with Crippen molar-refractivity contribution in [2.45, 2.75) is 45.4 Å². The number of rotatable bonds is 8. The molecule has 0 aliphatic carbocycles. The van der Waals surface area contributed by atoms with Gasteiger partial charge < -0.3 is 9.47 Å². The number of benzene rings is 2. The van der Waals surface area contributed by atoms with Gasteiger partial charge in [-0.15, -0.1) is 11.3 Å². The molecule has 0 amide bonds. The van der Waals surface area contributed by atoms with Crippen LogP contribution < -0.4 is 4.74 Å². The molecule has 35 heavy (non-hydrogen) atoms. The molecule has 1 heterocycles. The van der Waals surface area contributed by atoms with E-state index in [4.69, 9.17) is 9.47 Å². The molecule has 186 valence electrons. The fourth-order valence-electron chi connectivity index (χ4n) is 3.17. The summed E-state index contributed by atoms with van der Waals surface area (Å²) in [5.41, 5.74) is 0.249. The van der Waals surface area contributed by atoms with Crippen LogP contribution in [0.25, 0.3) is 10.4 Å². The summed E-state index contributed by atoms with van der Waals surface area (Å²) in [5.74, 6) is -0.0226. The maximum atomic E-state index is 12.8. The van der Waals surface area contributed by atoms with Crippen LogP contribution in [0.3, 0.4) is 0 Å². The standard InChI is InChI=1S/C26H24BrF3O4S/c1-25(2,3)34-24(32)15-33-21-11-5-16(14-19(21)27)4-10-20(31)23-13-12-22(35-23)17-6-8-18(9-7-17)26(28,29)30/h5-9,11-14H,4,10,15H2,1-3H3. The molecule has 0 aliphatic heterocycles. The van der Waals surface area contributed by atoms with Gasteiger partial charge in [-0.05, 0) is 90.6 Å². The summed E-state index contributed by atoms with van der Waals surface area (Å²) in [4.78, 5) is 25.8. The summed E-state index contributed by atoms with van der Waals surface area (Å²) in [6.45, 7) is 5.13. The molecule has 0 radical (unpaired) electrons. The zero-order valence-corrected chi connectivity index (χ0v) is 21.8. The minimum atomic E-state index is -4.38. The Labute approximate surface area is 214 Å². The second-order valence-electron chi connectivity index (χ2n) is 8.80. The van der Waals surface area contributed by atoms with Crippen LogP contribution in [0, 0.1) is 0 Å². The summed E-state index contributed by atoms with van der Waals surface area (Å²) in [6.07, 6.45) is -3.61. The molecule has 0 atom stereocenters. The Hall–Kier alpha value is -2.65. The van der Waals surface area contributed by atoms with Gasteiger partial charge in [0.15, 0.2) is 12.4 Å². The number of ketones is 1. The highest BCUT2D eigenvalue weighted by molar-refractivity contribution is 9.10. The van der Waals surface area contributed by atoms with Crippen LogP contribution in [-0.2, 0) is 22.1 Å². The zero-order valence-electron chi connectivity index (χ0n) is 19.4. The molecule has 1 aromatic heterocycles. The van der Waals surface area contributed by atoms with Crippen molar-refractivity contribution in [1.29, 1.82) is 0 Å². The normalized spacial score (nSPS) is 11.9. The van der Waals surface area contributed by atoms with E-state index in [9.17, 15) is 22.8 Å². The molecule has 3 rings (SSSR count). The maximum absolute atomic E-state index is 12.8. The van der Waals surface area contributed by atoms with Crippen LogP contribution in [-0.4, -0.2) is 24.0 Å². The fraction of sp³-hybridized carbons (Fsp3) is 0.308. The van der Waals surface area contributed by atoms with E-state index in [0.29, 0.717) is 27.1 Å². The lowest BCUT2D eigenvalue weighted by atomic mass is 10.1. The van der Waals surface area contributed by atoms with Gasteiger partial charge in [-0.2, -0.15) is 13.2 Å². The molecule has 9 heteroatoms. The summed E-state index contributed by atoms with van der Waals surface area (Å²) in [5, 5.41) is 0. The van der Waals surface area contributed by atoms with Gasteiger partial charge in [0.25, 0.3) is 0 Å². The van der Waals surface area contributed by atoms with E-state index in [-0.39, 0.29) is 18.8 Å². The number of halogens is 4. The average molecular weight is 569 g/mol. The smallest absolute Gasteiger partial charge is 0.416 e. The van der Waals surface area contributed by atoms with Crippen molar-refractivity contribution >= 4 is 39.0 Å². The highest BCUT2D eigenvalue weighted by atomic mass is 79.9. The molecule has 0 fully saturated rings. The molecule has 0 aliphatic rings.